The van der Waals surface area contributed by atoms with Gasteiger partial charge in [0.15, 0.2) is 0 Å². The number of imidazole rings is 1. The zero-order valence-corrected chi connectivity index (χ0v) is 17.6. The summed E-state index contributed by atoms with van der Waals surface area (Å²) in [6.07, 6.45) is 23.8. The van der Waals surface area contributed by atoms with Crippen molar-refractivity contribution in [3.05, 3.63) is 18.2 Å². The van der Waals surface area contributed by atoms with Gasteiger partial charge in [-0.1, -0.05) is 90.9 Å². The Morgan fingerprint density at radius 3 is 1.80 bits per heavy atom. The van der Waals surface area contributed by atoms with Crippen molar-refractivity contribution in [3.8, 4) is 0 Å². The van der Waals surface area contributed by atoms with Crippen molar-refractivity contribution in [1.29, 1.82) is 0 Å². The van der Waals surface area contributed by atoms with Crippen LogP contribution in [0, 0.1) is 0 Å². The second-order valence-electron chi connectivity index (χ2n) is 8.07. The van der Waals surface area contributed by atoms with E-state index in [0.717, 1.165) is 0 Å². The van der Waals surface area contributed by atoms with Crippen LogP contribution in [0.2, 0.25) is 0 Å². The molecule has 2 nitrogen and oxygen atoms in total. The Hall–Kier alpha value is -0.790. The molecule has 1 unspecified atom stereocenters. The number of hydrogen-bond donors (Lipinski definition) is 0. The lowest BCUT2D eigenvalue weighted by Crippen LogP contribution is -2.10. The molecule has 1 aromatic rings. The summed E-state index contributed by atoms with van der Waals surface area (Å²) < 4.78 is 2.36. The van der Waals surface area contributed by atoms with Gasteiger partial charge < -0.3 is 4.57 Å². The Bertz CT molecular complexity index is 408. The van der Waals surface area contributed by atoms with Crippen molar-refractivity contribution in [1.82, 2.24) is 9.55 Å². The zero-order valence-electron chi connectivity index (χ0n) is 17.6. The Kier molecular flexibility index (Phi) is 12.8. The Labute approximate surface area is 157 Å². The molecule has 0 amide bonds. The fourth-order valence-electron chi connectivity index (χ4n) is 3.82. The van der Waals surface area contributed by atoms with Gasteiger partial charge >= 0.3 is 0 Å². The van der Waals surface area contributed by atoms with Gasteiger partial charge in [0, 0.05) is 24.4 Å². The first-order chi connectivity index (χ1) is 12.2. The number of aromatic nitrogens is 2. The Morgan fingerprint density at radius 2 is 1.32 bits per heavy atom. The van der Waals surface area contributed by atoms with Crippen molar-refractivity contribution in [2.75, 3.05) is 0 Å². The molecular weight excluding hydrogens is 304 g/mol. The van der Waals surface area contributed by atoms with Gasteiger partial charge in [0.05, 0.1) is 0 Å². The molecule has 0 aliphatic rings. The van der Waals surface area contributed by atoms with Crippen LogP contribution in [0.15, 0.2) is 12.4 Å². The number of nitrogens with zero attached hydrogens (tertiary/aromatic N) is 2. The molecule has 0 radical (unpaired) electrons. The molecule has 0 fully saturated rings. The first-order valence-corrected chi connectivity index (χ1v) is 11.2. The molecule has 0 saturated heterocycles. The lowest BCUT2D eigenvalue weighted by molar-refractivity contribution is 0.470. The molecule has 2 heteroatoms. The van der Waals surface area contributed by atoms with Crippen molar-refractivity contribution in [2.45, 2.75) is 130 Å². The van der Waals surface area contributed by atoms with Gasteiger partial charge in [0.1, 0.15) is 5.82 Å². The molecular formula is C23H44N2. The normalized spacial score (nSPS) is 12.8. The summed E-state index contributed by atoms with van der Waals surface area (Å²) in [6.45, 7) is 9.11. The summed E-state index contributed by atoms with van der Waals surface area (Å²) in [6, 6.07) is 0.522. The quantitative estimate of drug-likeness (QED) is 0.276. The minimum absolute atomic E-state index is 0.522. The molecule has 0 aliphatic heterocycles. The molecule has 0 N–H and O–H groups in total. The molecule has 1 aromatic heterocycles. The van der Waals surface area contributed by atoms with Crippen LogP contribution in [-0.2, 0) is 0 Å². The zero-order chi connectivity index (χ0) is 18.3. The van der Waals surface area contributed by atoms with E-state index >= 15 is 0 Å². The Morgan fingerprint density at radius 1 is 0.800 bits per heavy atom. The van der Waals surface area contributed by atoms with E-state index in [1.54, 1.807) is 0 Å². The average molecular weight is 349 g/mol. The van der Waals surface area contributed by atoms with Crippen LogP contribution < -0.4 is 0 Å². The van der Waals surface area contributed by atoms with Gasteiger partial charge in [0.25, 0.3) is 0 Å². The van der Waals surface area contributed by atoms with Crippen LogP contribution in [0.1, 0.15) is 135 Å². The summed E-state index contributed by atoms with van der Waals surface area (Å²) in [5.74, 6) is 1.95. The summed E-state index contributed by atoms with van der Waals surface area (Å²) in [4.78, 5) is 4.65. The summed E-state index contributed by atoms with van der Waals surface area (Å²) in [7, 11) is 0. The van der Waals surface area contributed by atoms with Crippen LogP contribution in [0.3, 0.4) is 0 Å². The summed E-state index contributed by atoms with van der Waals surface area (Å²) in [5, 5.41) is 0. The highest BCUT2D eigenvalue weighted by Crippen LogP contribution is 2.26. The monoisotopic (exact) mass is 348 g/mol. The van der Waals surface area contributed by atoms with E-state index in [9.17, 15) is 0 Å². The van der Waals surface area contributed by atoms with Crippen LogP contribution >= 0.6 is 0 Å². The average Bonchev–Trinajstić information content (AvgIpc) is 3.09. The maximum absolute atomic E-state index is 4.65. The Balaban J connectivity index is 2.04. The molecule has 0 spiro atoms. The third-order valence-electron chi connectivity index (χ3n) is 5.52. The van der Waals surface area contributed by atoms with E-state index in [1.807, 2.05) is 6.20 Å². The van der Waals surface area contributed by atoms with Gasteiger partial charge in [-0.15, -0.1) is 0 Å². The minimum atomic E-state index is 0.522. The lowest BCUT2D eigenvalue weighted by atomic mass is 9.96. The van der Waals surface area contributed by atoms with E-state index in [1.165, 1.54) is 95.7 Å². The molecule has 0 saturated carbocycles. The third-order valence-corrected chi connectivity index (χ3v) is 5.52. The van der Waals surface area contributed by atoms with E-state index in [2.05, 4.69) is 43.4 Å². The topological polar surface area (TPSA) is 17.8 Å². The number of hydrogen-bond acceptors (Lipinski definition) is 1. The van der Waals surface area contributed by atoms with Crippen LogP contribution in [0.5, 0.6) is 0 Å². The van der Waals surface area contributed by atoms with Gasteiger partial charge in [0.2, 0.25) is 0 Å². The SMILES string of the molecule is CCCCCCCCCCCCCCC(CC)c1nccn1C(C)C. The predicted molar refractivity (Wildman–Crippen MR) is 111 cm³/mol. The third kappa shape index (κ3) is 9.47. The fraction of sp³-hybridized carbons (Fsp3) is 0.870. The fourth-order valence-corrected chi connectivity index (χ4v) is 3.82. The van der Waals surface area contributed by atoms with Crippen LogP contribution in [-0.4, -0.2) is 9.55 Å². The second-order valence-corrected chi connectivity index (χ2v) is 8.07. The standard InChI is InChI=1S/C23H44N2/c1-5-7-8-9-10-11-12-13-14-15-16-17-18-22(6-2)23-24-19-20-25(23)21(3)4/h19-22H,5-18H2,1-4H3. The van der Waals surface area contributed by atoms with Gasteiger partial charge in [-0.2, -0.15) is 0 Å². The van der Waals surface area contributed by atoms with E-state index in [0.29, 0.717) is 12.0 Å². The van der Waals surface area contributed by atoms with Crippen molar-refractivity contribution in [3.63, 3.8) is 0 Å². The van der Waals surface area contributed by atoms with Crippen molar-refractivity contribution in [2.24, 2.45) is 0 Å². The molecule has 25 heavy (non-hydrogen) atoms. The molecule has 0 bridgehead atoms. The maximum Gasteiger partial charge on any atom is 0.111 e. The lowest BCUT2D eigenvalue weighted by Gasteiger charge is -2.19. The molecule has 1 atom stereocenters. The number of unbranched alkanes of at least 4 members (excludes halogenated alkanes) is 11. The van der Waals surface area contributed by atoms with E-state index in [-0.39, 0.29) is 0 Å². The van der Waals surface area contributed by atoms with Gasteiger partial charge in [-0.25, -0.2) is 4.98 Å². The smallest absolute Gasteiger partial charge is 0.111 e. The first-order valence-electron chi connectivity index (χ1n) is 11.2. The van der Waals surface area contributed by atoms with Gasteiger partial charge in [-0.3, -0.25) is 0 Å². The molecule has 146 valence electrons. The number of rotatable bonds is 16. The molecule has 0 aliphatic carbocycles. The summed E-state index contributed by atoms with van der Waals surface area (Å²) in [5.41, 5.74) is 0. The van der Waals surface area contributed by atoms with Crippen molar-refractivity contribution >= 4 is 0 Å². The largest absolute Gasteiger partial charge is 0.332 e. The molecule has 1 rings (SSSR count). The minimum Gasteiger partial charge on any atom is -0.332 e. The highest BCUT2D eigenvalue weighted by molar-refractivity contribution is 5.01. The van der Waals surface area contributed by atoms with Gasteiger partial charge in [-0.05, 0) is 26.7 Å². The second kappa shape index (κ2) is 14.4. The first kappa shape index (κ1) is 22.3. The van der Waals surface area contributed by atoms with E-state index < -0.39 is 0 Å². The van der Waals surface area contributed by atoms with Crippen LogP contribution in [0.25, 0.3) is 0 Å². The summed E-state index contributed by atoms with van der Waals surface area (Å²) >= 11 is 0. The van der Waals surface area contributed by atoms with E-state index in [4.69, 9.17) is 0 Å². The molecule has 0 aromatic carbocycles. The van der Waals surface area contributed by atoms with Crippen molar-refractivity contribution < 1.29 is 0 Å². The van der Waals surface area contributed by atoms with Crippen LogP contribution in [0.4, 0.5) is 0 Å². The molecule has 1 heterocycles. The highest BCUT2D eigenvalue weighted by Gasteiger charge is 2.16. The highest BCUT2D eigenvalue weighted by atomic mass is 15.1. The maximum atomic E-state index is 4.65. The predicted octanol–water partition coefficient (Wildman–Crippen LogP) is 8.05.